The number of para-hydroxylation sites is 1. The molecule has 3 nitrogen and oxygen atoms in total. The Morgan fingerprint density at radius 1 is 0.903 bits per heavy atom. The van der Waals surface area contributed by atoms with Crippen LogP contribution in [-0.2, 0) is 5.41 Å². The molecule has 0 saturated carbocycles. The lowest BCUT2D eigenvalue weighted by atomic mass is 9.69. The monoisotopic (exact) mass is 407 g/mol. The molecule has 1 aliphatic heterocycles. The standard InChI is InChI=1S/C27H26BNO2/c1-27(2)23-9-5-3-7-19(23)21-16-26-22(15-24(21)27)20-8-4-6-10-25(20)29(26)18-13-11-17(12-14-18)28(30)31/h3-15,21,24,26,30-31H,16H2,1-2H3. The van der Waals surface area contributed by atoms with Gasteiger partial charge in [0, 0.05) is 16.9 Å². The van der Waals surface area contributed by atoms with E-state index in [-0.39, 0.29) is 11.5 Å². The Morgan fingerprint density at radius 2 is 1.61 bits per heavy atom. The fraction of sp³-hybridized carbons (Fsp3) is 0.259. The molecule has 3 aromatic carbocycles. The summed E-state index contributed by atoms with van der Waals surface area (Å²) in [4.78, 5) is 2.44. The van der Waals surface area contributed by atoms with E-state index in [2.05, 4.69) is 73.4 Å². The van der Waals surface area contributed by atoms with Crippen LogP contribution in [0.15, 0.2) is 78.9 Å². The van der Waals surface area contributed by atoms with Gasteiger partial charge in [-0.2, -0.15) is 0 Å². The van der Waals surface area contributed by atoms with Crippen molar-refractivity contribution in [1.29, 1.82) is 0 Å². The summed E-state index contributed by atoms with van der Waals surface area (Å²) >= 11 is 0. The molecule has 0 bridgehead atoms. The molecule has 0 spiro atoms. The molecule has 2 N–H and O–H groups in total. The van der Waals surface area contributed by atoms with E-state index >= 15 is 0 Å². The molecule has 2 aliphatic carbocycles. The molecule has 3 atom stereocenters. The highest BCUT2D eigenvalue weighted by molar-refractivity contribution is 6.58. The lowest BCUT2D eigenvalue weighted by Crippen LogP contribution is -2.36. The first-order valence-corrected chi connectivity index (χ1v) is 11.1. The van der Waals surface area contributed by atoms with Crippen LogP contribution in [0.3, 0.4) is 0 Å². The molecule has 0 fully saturated rings. The number of benzene rings is 3. The van der Waals surface area contributed by atoms with Gasteiger partial charge in [0.25, 0.3) is 0 Å². The van der Waals surface area contributed by atoms with E-state index in [1.54, 1.807) is 0 Å². The summed E-state index contributed by atoms with van der Waals surface area (Å²) < 4.78 is 0. The van der Waals surface area contributed by atoms with E-state index in [0.29, 0.717) is 17.3 Å². The number of nitrogens with zero attached hydrogens (tertiary/aromatic N) is 1. The summed E-state index contributed by atoms with van der Waals surface area (Å²) in [6.45, 7) is 4.79. The Labute approximate surface area is 183 Å². The Hall–Kier alpha value is -2.82. The van der Waals surface area contributed by atoms with Gasteiger partial charge in [-0.1, -0.05) is 74.5 Å². The number of anilines is 2. The fourth-order valence-electron chi connectivity index (χ4n) is 6.29. The maximum Gasteiger partial charge on any atom is 0.488 e. The van der Waals surface area contributed by atoms with Crippen molar-refractivity contribution in [2.24, 2.45) is 5.92 Å². The van der Waals surface area contributed by atoms with Gasteiger partial charge >= 0.3 is 7.12 Å². The third kappa shape index (κ3) is 2.62. The van der Waals surface area contributed by atoms with Crippen molar-refractivity contribution in [2.45, 2.75) is 37.6 Å². The zero-order chi connectivity index (χ0) is 21.3. The average Bonchev–Trinajstić information content (AvgIpc) is 3.22. The minimum atomic E-state index is -1.44. The molecule has 3 aromatic rings. The van der Waals surface area contributed by atoms with Gasteiger partial charge in [-0.3, -0.25) is 0 Å². The minimum absolute atomic E-state index is 0.126. The van der Waals surface area contributed by atoms with Gasteiger partial charge in [0.05, 0.1) is 6.04 Å². The Balaban J connectivity index is 1.49. The highest BCUT2D eigenvalue weighted by Crippen LogP contribution is 2.60. The Bertz CT molecular complexity index is 1200. The highest BCUT2D eigenvalue weighted by Gasteiger charge is 2.51. The largest absolute Gasteiger partial charge is 0.488 e. The summed E-state index contributed by atoms with van der Waals surface area (Å²) in [6.07, 6.45) is 3.64. The van der Waals surface area contributed by atoms with E-state index < -0.39 is 7.12 Å². The zero-order valence-corrected chi connectivity index (χ0v) is 17.9. The van der Waals surface area contributed by atoms with Gasteiger partial charge in [0.1, 0.15) is 0 Å². The number of hydrogen-bond donors (Lipinski definition) is 2. The van der Waals surface area contributed by atoms with Crippen LogP contribution in [0.5, 0.6) is 0 Å². The van der Waals surface area contributed by atoms with E-state index in [9.17, 15) is 10.0 Å². The third-order valence-electron chi connectivity index (χ3n) is 7.77. The molecule has 4 heteroatoms. The summed E-state index contributed by atoms with van der Waals surface area (Å²) in [6, 6.07) is 25.6. The van der Waals surface area contributed by atoms with E-state index in [0.717, 1.165) is 12.1 Å². The topological polar surface area (TPSA) is 43.7 Å². The van der Waals surface area contributed by atoms with E-state index in [1.807, 2.05) is 24.3 Å². The molecule has 0 saturated heterocycles. The molecule has 1 heterocycles. The van der Waals surface area contributed by atoms with Crippen LogP contribution in [0.25, 0.3) is 5.57 Å². The summed E-state index contributed by atoms with van der Waals surface area (Å²) in [5.41, 5.74) is 8.72. The molecule has 6 rings (SSSR count). The van der Waals surface area contributed by atoms with Crippen LogP contribution in [-0.4, -0.2) is 23.2 Å². The predicted molar refractivity (Wildman–Crippen MR) is 127 cm³/mol. The fourth-order valence-corrected chi connectivity index (χ4v) is 6.29. The molecular formula is C27H26BNO2. The quantitative estimate of drug-likeness (QED) is 0.621. The van der Waals surface area contributed by atoms with Crippen molar-refractivity contribution in [3.05, 3.63) is 95.6 Å². The molecule has 154 valence electrons. The Morgan fingerprint density at radius 3 is 2.39 bits per heavy atom. The van der Waals surface area contributed by atoms with Crippen molar-refractivity contribution >= 4 is 29.5 Å². The second-order valence-electron chi connectivity index (χ2n) is 9.67. The maximum atomic E-state index is 9.50. The molecule has 31 heavy (non-hydrogen) atoms. The smallest absolute Gasteiger partial charge is 0.423 e. The Kier molecular flexibility index (Phi) is 4.02. The van der Waals surface area contributed by atoms with Crippen LogP contribution in [0, 0.1) is 5.92 Å². The highest BCUT2D eigenvalue weighted by atomic mass is 16.4. The lowest BCUT2D eigenvalue weighted by molar-refractivity contribution is 0.343. The van der Waals surface area contributed by atoms with Gasteiger partial charge < -0.3 is 14.9 Å². The van der Waals surface area contributed by atoms with Crippen molar-refractivity contribution in [1.82, 2.24) is 0 Å². The molecular weight excluding hydrogens is 381 g/mol. The van der Waals surface area contributed by atoms with Gasteiger partial charge in [0.2, 0.25) is 0 Å². The number of fused-ring (bicyclic) bond motifs is 6. The SMILES string of the molecule is CC1(C)c2ccccc2C2CC3C(=CC21)c1ccccc1N3c1ccc(B(O)O)cc1. The van der Waals surface area contributed by atoms with Crippen LogP contribution in [0.4, 0.5) is 11.4 Å². The zero-order valence-electron chi connectivity index (χ0n) is 17.9. The second-order valence-corrected chi connectivity index (χ2v) is 9.67. The minimum Gasteiger partial charge on any atom is -0.423 e. The normalized spacial score (nSPS) is 24.7. The third-order valence-corrected chi connectivity index (χ3v) is 7.77. The van der Waals surface area contributed by atoms with Crippen LogP contribution in [0.1, 0.15) is 42.9 Å². The summed E-state index contributed by atoms with van der Waals surface area (Å²) in [7, 11) is -1.44. The molecule has 0 amide bonds. The van der Waals surface area contributed by atoms with Crippen molar-refractivity contribution in [3.63, 3.8) is 0 Å². The van der Waals surface area contributed by atoms with Crippen LogP contribution >= 0.6 is 0 Å². The summed E-state index contributed by atoms with van der Waals surface area (Å²) in [5.74, 6) is 1.01. The van der Waals surface area contributed by atoms with E-state index in [1.165, 1.54) is 28.0 Å². The molecule has 0 aromatic heterocycles. The number of rotatable bonds is 2. The van der Waals surface area contributed by atoms with Crippen LogP contribution < -0.4 is 10.4 Å². The summed E-state index contributed by atoms with van der Waals surface area (Å²) in [5, 5.41) is 19.0. The molecule has 3 unspecified atom stereocenters. The van der Waals surface area contributed by atoms with Crippen molar-refractivity contribution in [2.75, 3.05) is 4.90 Å². The number of allylic oxidation sites excluding steroid dienone is 1. The number of hydrogen-bond acceptors (Lipinski definition) is 3. The lowest BCUT2D eigenvalue weighted by Gasteiger charge is -2.38. The molecule has 0 radical (unpaired) electrons. The maximum absolute atomic E-state index is 9.50. The van der Waals surface area contributed by atoms with Gasteiger partial charge in [-0.25, -0.2) is 0 Å². The van der Waals surface area contributed by atoms with Crippen molar-refractivity contribution in [3.8, 4) is 0 Å². The van der Waals surface area contributed by atoms with Gasteiger partial charge in [-0.05, 0) is 64.0 Å². The molecule has 3 aliphatic rings. The first-order valence-electron chi connectivity index (χ1n) is 11.1. The second kappa shape index (κ2) is 6.59. The van der Waals surface area contributed by atoms with Gasteiger partial charge in [0.15, 0.2) is 0 Å². The predicted octanol–water partition coefficient (Wildman–Crippen LogP) is 4.37. The average molecular weight is 407 g/mol. The van der Waals surface area contributed by atoms with Crippen LogP contribution in [0.2, 0.25) is 0 Å². The van der Waals surface area contributed by atoms with E-state index in [4.69, 9.17) is 0 Å². The van der Waals surface area contributed by atoms with Crippen molar-refractivity contribution < 1.29 is 10.0 Å². The first-order chi connectivity index (χ1) is 15.0. The first kappa shape index (κ1) is 18.9. The van der Waals surface area contributed by atoms with Gasteiger partial charge in [-0.15, -0.1) is 0 Å².